The number of ether oxygens (including phenoxy) is 1. The minimum absolute atomic E-state index is 0.142. The average Bonchev–Trinajstić information content (AvgIpc) is 3.65. The second kappa shape index (κ2) is 8.44. The molecule has 2 N–H and O–H groups in total. The molecular weight excluding hydrogens is 438 g/mol. The van der Waals surface area contributed by atoms with Crippen LogP contribution < -0.4 is 10.5 Å². The topological polar surface area (TPSA) is 108 Å². The summed E-state index contributed by atoms with van der Waals surface area (Å²) < 4.78 is 9.71. The Bertz CT molecular complexity index is 1450. The Morgan fingerprint density at radius 2 is 1.91 bits per heavy atom. The normalized spacial score (nSPS) is 17.8. The third-order valence-corrected chi connectivity index (χ3v) is 7.03. The first kappa shape index (κ1) is 21.2. The van der Waals surface area contributed by atoms with E-state index in [2.05, 4.69) is 28.2 Å². The molecule has 1 unspecified atom stereocenters. The van der Waals surface area contributed by atoms with E-state index in [0.29, 0.717) is 17.4 Å². The third-order valence-electron chi connectivity index (χ3n) is 7.03. The van der Waals surface area contributed by atoms with Crippen LogP contribution in [0.1, 0.15) is 54.3 Å². The van der Waals surface area contributed by atoms with Crippen molar-refractivity contribution in [2.45, 2.75) is 37.5 Å². The molecular formula is C27H25N7O. The summed E-state index contributed by atoms with van der Waals surface area (Å²) in [5.74, 6) is 1.65. The average molecular weight is 464 g/mol. The van der Waals surface area contributed by atoms with E-state index in [1.165, 1.54) is 12.8 Å². The molecule has 2 aliphatic rings. The van der Waals surface area contributed by atoms with Gasteiger partial charge in [0.15, 0.2) is 0 Å². The summed E-state index contributed by atoms with van der Waals surface area (Å²) in [6.45, 7) is 0. The van der Waals surface area contributed by atoms with Crippen LogP contribution in [0.2, 0.25) is 0 Å². The maximum absolute atomic E-state index is 10.0. The fourth-order valence-electron chi connectivity index (χ4n) is 5.38. The van der Waals surface area contributed by atoms with Crippen LogP contribution in [0, 0.1) is 11.3 Å². The number of allylic oxidation sites excluding steroid dienone is 1. The molecule has 0 bridgehead atoms. The zero-order chi connectivity index (χ0) is 23.9. The van der Waals surface area contributed by atoms with Crippen LogP contribution >= 0.6 is 0 Å². The van der Waals surface area contributed by atoms with Gasteiger partial charge in [0.2, 0.25) is 11.8 Å². The van der Waals surface area contributed by atoms with Crippen molar-refractivity contribution in [3.8, 4) is 29.0 Å². The maximum atomic E-state index is 10.0. The highest BCUT2D eigenvalue weighted by Crippen LogP contribution is 2.48. The molecule has 1 saturated carbocycles. The van der Waals surface area contributed by atoms with E-state index in [0.717, 1.165) is 46.7 Å². The van der Waals surface area contributed by atoms with Crippen molar-refractivity contribution in [1.82, 2.24) is 24.3 Å². The van der Waals surface area contributed by atoms with Gasteiger partial charge in [-0.25, -0.2) is 9.67 Å². The standard InChI is InChI=1S/C27H25N7O/c1-33-27-23(24(32-33)18-5-2-3-6-18)22(21(15-28)25(29)35-27)17-8-10-20(11-9-17)34-14-13-31-26(34)19-7-4-12-30-16-19/h4,7-14,16,18,22H,2-3,5-6,29H2,1H3. The molecule has 1 fully saturated rings. The van der Waals surface area contributed by atoms with Crippen LogP contribution in [-0.2, 0) is 7.05 Å². The van der Waals surface area contributed by atoms with E-state index < -0.39 is 0 Å². The zero-order valence-electron chi connectivity index (χ0n) is 19.4. The van der Waals surface area contributed by atoms with Gasteiger partial charge in [0, 0.05) is 49.0 Å². The van der Waals surface area contributed by atoms with Crippen LogP contribution in [0.5, 0.6) is 5.88 Å². The van der Waals surface area contributed by atoms with E-state index in [9.17, 15) is 5.26 Å². The number of aryl methyl sites for hydroxylation is 1. The molecule has 0 amide bonds. The highest BCUT2D eigenvalue weighted by atomic mass is 16.5. The minimum atomic E-state index is -0.317. The van der Waals surface area contributed by atoms with E-state index in [1.54, 1.807) is 23.3 Å². The largest absolute Gasteiger partial charge is 0.422 e. The van der Waals surface area contributed by atoms with Gasteiger partial charge >= 0.3 is 0 Å². The number of hydrogen-bond acceptors (Lipinski definition) is 6. The summed E-state index contributed by atoms with van der Waals surface area (Å²) in [4.78, 5) is 8.75. The van der Waals surface area contributed by atoms with Crippen LogP contribution in [-0.4, -0.2) is 24.3 Å². The Hall–Kier alpha value is -4.38. The molecule has 1 aliphatic heterocycles. The van der Waals surface area contributed by atoms with Gasteiger partial charge in [0.1, 0.15) is 17.5 Å². The second-order valence-electron chi connectivity index (χ2n) is 9.09. The lowest BCUT2D eigenvalue weighted by Crippen LogP contribution is -2.22. The molecule has 8 heteroatoms. The number of imidazole rings is 1. The third kappa shape index (κ3) is 3.48. The molecule has 4 heterocycles. The van der Waals surface area contributed by atoms with Crippen molar-refractivity contribution >= 4 is 0 Å². The fraction of sp³-hybridized carbons (Fsp3) is 0.259. The van der Waals surface area contributed by atoms with Crippen molar-refractivity contribution in [1.29, 1.82) is 5.26 Å². The Labute approximate surface area is 203 Å². The zero-order valence-corrected chi connectivity index (χ0v) is 19.4. The van der Waals surface area contributed by atoms with Gasteiger partial charge in [0.05, 0.1) is 17.2 Å². The van der Waals surface area contributed by atoms with Crippen LogP contribution in [0.15, 0.2) is 72.6 Å². The van der Waals surface area contributed by atoms with E-state index in [4.69, 9.17) is 15.6 Å². The highest BCUT2D eigenvalue weighted by molar-refractivity contribution is 5.59. The summed E-state index contributed by atoms with van der Waals surface area (Å²) >= 11 is 0. The molecule has 8 nitrogen and oxygen atoms in total. The van der Waals surface area contributed by atoms with Crippen molar-refractivity contribution in [3.05, 3.63) is 89.5 Å². The van der Waals surface area contributed by atoms with E-state index in [1.807, 2.05) is 42.1 Å². The molecule has 6 rings (SSSR count). The van der Waals surface area contributed by atoms with Crippen LogP contribution in [0.4, 0.5) is 0 Å². The Morgan fingerprint density at radius 1 is 1.11 bits per heavy atom. The molecule has 0 radical (unpaired) electrons. The Balaban J connectivity index is 1.43. The Kier molecular flexibility index (Phi) is 5.10. The first-order chi connectivity index (χ1) is 17.2. The van der Waals surface area contributed by atoms with Gasteiger partial charge in [-0.2, -0.15) is 10.4 Å². The molecule has 0 spiro atoms. The molecule has 4 aromatic rings. The molecule has 1 aliphatic carbocycles. The first-order valence-electron chi connectivity index (χ1n) is 11.8. The number of benzene rings is 1. The van der Waals surface area contributed by atoms with E-state index in [-0.39, 0.29) is 11.8 Å². The smallest absolute Gasteiger partial charge is 0.224 e. The van der Waals surface area contributed by atoms with Crippen molar-refractivity contribution in [3.63, 3.8) is 0 Å². The summed E-state index contributed by atoms with van der Waals surface area (Å²) in [5, 5.41) is 14.9. The number of pyridine rings is 1. The lowest BCUT2D eigenvalue weighted by Gasteiger charge is -2.26. The van der Waals surface area contributed by atoms with Crippen LogP contribution in [0.25, 0.3) is 17.1 Å². The molecule has 35 heavy (non-hydrogen) atoms. The number of nitriles is 1. The van der Waals surface area contributed by atoms with Crippen LogP contribution in [0.3, 0.4) is 0 Å². The number of nitrogens with zero attached hydrogens (tertiary/aromatic N) is 6. The second-order valence-corrected chi connectivity index (χ2v) is 9.09. The maximum Gasteiger partial charge on any atom is 0.224 e. The predicted molar refractivity (Wildman–Crippen MR) is 131 cm³/mol. The number of hydrogen-bond donors (Lipinski definition) is 1. The molecule has 0 saturated heterocycles. The van der Waals surface area contributed by atoms with Gasteiger partial charge in [-0.05, 0) is 42.7 Å². The molecule has 1 atom stereocenters. The molecule has 3 aromatic heterocycles. The molecule has 174 valence electrons. The number of fused-ring (bicyclic) bond motifs is 1. The number of rotatable bonds is 4. The van der Waals surface area contributed by atoms with Gasteiger partial charge < -0.3 is 10.5 Å². The molecule has 1 aromatic carbocycles. The summed E-state index contributed by atoms with van der Waals surface area (Å²) in [5.41, 5.74) is 11.5. The van der Waals surface area contributed by atoms with Gasteiger partial charge in [-0.3, -0.25) is 9.55 Å². The van der Waals surface area contributed by atoms with Gasteiger partial charge in [0.25, 0.3) is 0 Å². The van der Waals surface area contributed by atoms with Crippen molar-refractivity contribution in [2.24, 2.45) is 12.8 Å². The first-order valence-corrected chi connectivity index (χ1v) is 11.8. The van der Waals surface area contributed by atoms with Crippen molar-refractivity contribution < 1.29 is 4.74 Å². The lowest BCUT2D eigenvalue weighted by atomic mass is 9.81. The van der Waals surface area contributed by atoms with Gasteiger partial charge in [-0.1, -0.05) is 25.0 Å². The monoisotopic (exact) mass is 463 g/mol. The summed E-state index contributed by atoms with van der Waals surface area (Å²) in [6, 6.07) is 14.4. The highest BCUT2D eigenvalue weighted by Gasteiger charge is 2.38. The fourth-order valence-corrected chi connectivity index (χ4v) is 5.38. The number of nitrogens with two attached hydrogens (primary N) is 1. The van der Waals surface area contributed by atoms with Crippen molar-refractivity contribution in [2.75, 3.05) is 0 Å². The van der Waals surface area contributed by atoms with Gasteiger partial charge in [-0.15, -0.1) is 0 Å². The SMILES string of the molecule is Cn1nc(C2CCCC2)c2c1OC(N)=C(C#N)C2c1ccc(-n2ccnc2-c2cccnc2)cc1. The quantitative estimate of drug-likeness (QED) is 0.476. The summed E-state index contributed by atoms with van der Waals surface area (Å²) in [6.07, 6.45) is 11.9. The Morgan fingerprint density at radius 3 is 2.63 bits per heavy atom. The predicted octanol–water partition coefficient (Wildman–Crippen LogP) is 4.54. The lowest BCUT2D eigenvalue weighted by molar-refractivity contribution is 0.358. The summed E-state index contributed by atoms with van der Waals surface area (Å²) in [7, 11) is 1.88. The number of aromatic nitrogens is 5. The minimum Gasteiger partial charge on any atom is -0.422 e. The van der Waals surface area contributed by atoms with E-state index >= 15 is 0 Å².